The summed E-state index contributed by atoms with van der Waals surface area (Å²) in [6.07, 6.45) is 30.7. The molecule has 6 rings (SSSR count). The van der Waals surface area contributed by atoms with E-state index in [0.717, 1.165) is 86.7 Å². The van der Waals surface area contributed by atoms with Crippen LogP contribution < -0.4 is 26.6 Å². The standard InChI is InChI=1S/C49H83N5O4S/c1-5-6-7-8-9-10-12-17-34(2)38-23-24-39-37-22-21-35-32-36(25-28-48(35,3)40(37)26-29-49(38,39)4)52-45(57)27-31-51-44(56)19-13-11-16-30-50-43(55)20-15-14-18-42-46-41(33-59-42)53-47(58)54-46/h21,34,36-42,46H,5-20,22-33H2,1-4H3,(H,50,55)(H,51,56)(H,52,57)(H2,53,54,58)/t34-,36+,37?,38?,39+,40?,41+,42+,46+,48?,49?/m1/s1. The predicted octanol–water partition coefficient (Wildman–Crippen LogP) is 9.74. The Kier molecular flexibility index (Phi) is 17.4. The van der Waals surface area contributed by atoms with E-state index in [-0.39, 0.29) is 47.3 Å². The van der Waals surface area contributed by atoms with Gasteiger partial charge in [0.25, 0.3) is 0 Å². The first-order valence-electron chi connectivity index (χ1n) is 24.7. The van der Waals surface area contributed by atoms with Crippen molar-refractivity contribution in [2.75, 3.05) is 18.8 Å². The highest BCUT2D eigenvalue weighted by Gasteiger charge is 2.59. The number of urea groups is 1. The maximum absolute atomic E-state index is 13.0. The number of unbranched alkanes of at least 4 members (excludes halogenated alkanes) is 9. The summed E-state index contributed by atoms with van der Waals surface area (Å²) in [6.45, 7) is 11.2. The number of rotatable bonds is 24. The largest absolute Gasteiger partial charge is 0.356 e. The maximum Gasteiger partial charge on any atom is 0.315 e. The molecule has 6 aliphatic rings. The van der Waals surface area contributed by atoms with Gasteiger partial charge in [0.05, 0.1) is 12.1 Å². The summed E-state index contributed by atoms with van der Waals surface area (Å²) in [5, 5.41) is 15.8. The molecule has 334 valence electrons. The normalized spacial score (nSPS) is 33.7. The Hall–Kier alpha value is -2.23. The van der Waals surface area contributed by atoms with Crippen molar-refractivity contribution < 1.29 is 19.2 Å². The molecule has 59 heavy (non-hydrogen) atoms. The third-order valence-corrected chi connectivity index (χ3v) is 18.2. The number of carbonyl (C=O) groups excluding carboxylic acids is 4. The number of carbonyl (C=O) groups is 4. The monoisotopic (exact) mass is 838 g/mol. The summed E-state index contributed by atoms with van der Waals surface area (Å²) in [5.41, 5.74) is 2.40. The predicted molar refractivity (Wildman–Crippen MR) is 242 cm³/mol. The van der Waals surface area contributed by atoms with Crippen LogP contribution in [-0.2, 0) is 14.4 Å². The molecule has 0 aromatic carbocycles. The second-order valence-corrected chi connectivity index (χ2v) is 21.8. The van der Waals surface area contributed by atoms with E-state index in [2.05, 4.69) is 60.4 Å². The third kappa shape index (κ3) is 12.0. The van der Waals surface area contributed by atoms with Crippen molar-refractivity contribution in [2.45, 2.75) is 212 Å². The number of allylic oxidation sites excluding steroid dienone is 1. The van der Waals surface area contributed by atoms with E-state index in [0.29, 0.717) is 43.0 Å². The number of fused-ring (bicyclic) bond motifs is 6. The van der Waals surface area contributed by atoms with Gasteiger partial charge >= 0.3 is 6.03 Å². The first kappa shape index (κ1) is 46.3. The zero-order chi connectivity index (χ0) is 41.8. The van der Waals surface area contributed by atoms with Crippen molar-refractivity contribution in [1.82, 2.24) is 26.6 Å². The van der Waals surface area contributed by atoms with Crippen LogP contribution in [0.15, 0.2) is 11.6 Å². The van der Waals surface area contributed by atoms with Gasteiger partial charge in [-0.05, 0) is 117 Å². The fourth-order valence-electron chi connectivity index (χ4n) is 13.3. The molecule has 0 spiro atoms. The molecule has 5 fully saturated rings. The molecule has 2 saturated heterocycles. The first-order valence-corrected chi connectivity index (χ1v) is 25.8. The van der Waals surface area contributed by atoms with Crippen molar-refractivity contribution in [3.63, 3.8) is 0 Å². The SMILES string of the molecule is CCCCCCCCC[C@@H](C)C1CC[C@H]2C3CC=C4C[C@@H](NC(=O)CCNC(=O)CCCCCNC(=O)CCCC[C@@H]5SC[C@@H]6NC(=O)N[C@@H]65)CCC4(C)C3CCC12C. The van der Waals surface area contributed by atoms with Crippen LogP contribution in [0.4, 0.5) is 4.79 Å². The number of amides is 5. The summed E-state index contributed by atoms with van der Waals surface area (Å²) in [6, 6.07) is 0.619. The van der Waals surface area contributed by atoms with Crippen LogP contribution in [0.1, 0.15) is 188 Å². The van der Waals surface area contributed by atoms with Gasteiger partial charge in [-0.1, -0.05) is 104 Å². The molecule has 3 saturated carbocycles. The van der Waals surface area contributed by atoms with Crippen LogP contribution in [0, 0.1) is 40.4 Å². The summed E-state index contributed by atoms with van der Waals surface area (Å²) >= 11 is 1.91. The fraction of sp³-hybridized carbons (Fsp3) is 0.878. The highest BCUT2D eigenvalue weighted by molar-refractivity contribution is 8.00. The van der Waals surface area contributed by atoms with Crippen molar-refractivity contribution in [3.05, 3.63) is 11.6 Å². The molecule has 0 bridgehead atoms. The lowest BCUT2D eigenvalue weighted by molar-refractivity contribution is -0.123. The van der Waals surface area contributed by atoms with Crippen molar-refractivity contribution in [1.29, 1.82) is 0 Å². The number of hydrogen-bond acceptors (Lipinski definition) is 5. The van der Waals surface area contributed by atoms with Gasteiger partial charge in [0.15, 0.2) is 0 Å². The molecule has 9 nitrogen and oxygen atoms in total. The lowest BCUT2D eigenvalue weighted by atomic mass is 9.47. The van der Waals surface area contributed by atoms with E-state index in [1.807, 2.05) is 11.8 Å². The quantitative estimate of drug-likeness (QED) is 0.0376. The Morgan fingerprint density at radius 1 is 0.797 bits per heavy atom. The van der Waals surface area contributed by atoms with Crippen LogP contribution in [0.25, 0.3) is 0 Å². The molecule has 10 heteroatoms. The smallest absolute Gasteiger partial charge is 0.315 e. The molecule has 0 aromatic heterocycles. The van der Waals surface area contributed by atoms with Gasteiger partial charge in [-0.2, -0.15) is 11.8 Å². The minimum absolute atomic E-state index is 0.00308. The number of nitrogens with one attached hydrogen (secondary N) is 5. The van der Waals surface area contributed by atoms with Crippen LogP contribution in [0.5, 0.6) is 0 Å². The van der Waals surface area contributed by atoms with Crippen molar-refractivity contribution in [2.24, 2.45) is 40.4 Å². The topological polar surface area (TPSA) is 128 Å². The molecular weight excluding hydrogens is 755 g/mol. The van der Waals surface area contributed by atoms with E-state index >= 15 is 0 Å². The number of thioether (sulfide) groups is 1. The first-order chi connectivity index (χ1) is 28.5. The van der Waals surface area contributed by atoms with E-state index in [4.69, 9.17) is 0 Å². The van der Waals surface area contributed by atoms with Gasteiger partial charge in [-0.15, -0.1) is 0 Å². The Bertz CT molecular complexity index is 1440. The summed E-state index contributed by atoms with van der Waals surface area (Å²) < 4.78 is 0. The van der Waals surface area contributed by atoms with Gasteiger partial charge in [0, 0.05) is 49.4 Å². The van der Waals surface area contributed by atoms with Gasteiger partial charge in [-0.25, -0.2) is 4.79 Å². The van der Waals surface area contributed by atoms with Gasteiger partial charge < -0.3 is 26.6 Å². The van der Waals surface area contributed by atoms with E-state index in [1.165, 1.54) is 89.9 Å². The summed E-state index contributed by atoms with van der Waals surface area (Å²) in [4.78, 5) is 49.3. The van der Waals surface area contributed by atoms with Crippen LogP contribution in [0.2, 0.25) is 0 Å². The zero-order valence-electron chi connectivity index (χ0n) is 37.6. The molecule has 5 N–H and O–H groups in total. The maximum atomic E-state index is 13.0. The number of hydrogen-bond donors (Lipinski definition) is 5. The Morgan fingerprint density at radius 3 is 2.32 bits per heavy atom. The van der Waals surface area contributed by atoms with Gasteiger partial charge in [0.1, 0.15) is 0 Å². The Balaban J connectivity index is 0.800. The van der Waals surface area contributed by atoms with Crippen molar-refractivity contribution >= 4 is 35.5 Å². The molecule has 0 radical (unpaired) electrons. The highest BCUT2D eigenvalue weighted by Crippen LogP contribution is 2.67. The second-order valence-electron chi connectivity index (χ2n) is 20.5. The van der Waals surface area contributed by atoms with Gasteiger partial charge in [-0.3, -0.25) is 14.4 Å². The second kappa shape index (κ2) is 22.2. The van der Waals surface area contributed by atoms with E-state index in [9.17, 15) is 19.2 Å². The lowest BCUT2D eigenvalue weighted by Gasteiger charge is -2.58. The zero-order valence-corrected chi connectivity index (χ0v) is 38.4. The average molecular weight is 838 g/mol. The van der Waals surface area contributed by atoms with E-state index in [1.54, 1.807) is 5.57 Å². The van der Waals surface area contributed by atoms with E-state index < -0.39 is 0 Å². The molecule has 0 aromatic rings. The highest BCUT2D eigenvalue weighted by atomic mass is 32.2. The summed E-state index contributed by atoms with van der Waals surface area (Å²) in [7, 11) is 0. The van der Waals surface area contributed by atoms with Gasteiger partial charge in [0.2, 0.25) is 17.7 Å². The Morgan fingerprint density at radius 2 is 1.53 bits per heavy atom. The minimum atomic E-state index is -0.0532. The molecule has 2 heterocycles. The minimum Gasteiger partial charge on any atom is -0.356 e. The molecule has 11 atom stereocenters. The van der Waals surface area contributed by atoms with Crippen molar-refractivity contribution in [3.8, 4) is 0 Å². The van der Waals surface area contributed by atoms with Crippen LogP contribution >= 0.6 is 11.8 Å². The fourth-order valence-corrected chi connectivity index (χ4v) is 14.8. The molecule has 5 amide bonds. The molecular formula is C49H83N5O4S. The average Bonchev–Trinajstić information content (AvgIpc) is 3.89. The molecule has 4 aliphatic carbocycles. The van der Waals surface area contributed by atoms with Crippen LogP contribution in [-0.4, -0.2) is 66.0 Å². The molecule has 2 aliphatic heterocycles. The Labute approximate surface area is 362 Å². The van der Waals surface area contributed by atoms with Crippen LogP contribution in [0.3, 0.4) is 0 Å². The lowest BCUT2D eigenvalue weighted by Crippen LogP contribution is -2.52. The molecule has 5 unspecified atom stereocenters. The third-order valence-electron chi connectivity index (χ3n) is 16.6. The summed E-state index contributed by atoms with van der Waals surface area (Å²) in [5.74, 6) is 5.34.